The van der Waals surface area contributed by atoms with Gasteiger partial charge in [0.25, 0.3) is 0 Å². The first kappa shape index (κ1) is 19.1. The SMILES string of the molecule is C=CCNC(=O)NC(=O)CN(CCC)CC(=O)NCCC. The van der Waals surface area contributed by atoms with Crippen LogP contribution in [0, 0.1) is 0 Å². The van der Waals surface area contributed by atoms with Gasteiger partial charge in [0.15, 0.2) is 0 Å². The number of hydrogen-bond acceptors (Lipinski definition) is 4. The summed E-state index contributed by atoms with van der Waals surface area (Å²) in [5.74, 6) is -0.553. The summed E-state index contributed by atoms with van der Waals surface area (Å²) in [5.41, 5.74) is 0. The van der Waals surface area contributed by atoms with Gasteiger partial charge in [0.05, 0.1) is 13.1 Å². The van der Waals surface area contributed by atoms with E-state index in [1.165, 1.54) is 6.08 Å². The van der Waals surface area contributed by atoms with Crippen LogP contribution in [0.15, 0.2) is 12.7 Å². The molecule has 0 saturated heterocycles. The number of amides is 4. The fourth-order valence-electron chi connectivity index (χ4n) is 1.63. The molecule has 0 rings (SSSR count). The van der Waals surface area contributed by atoms with E-state index >= 15 is 0 Å². The van der Waals surface area contributed by atoms with Crippen molar-refractivity contribution >= 4 is 17.8 Å². The predicted octanol–water partition coefficient (Wildman–Crippen LogP) is 0.236. The smallest absolute Gasteiger partial charge is 0.321 e. The number of rotatable bonds is 10. The van der Waals surface area contributed by atoms with E-state index in [0.29, 0.717) is 13.1 Å². The molecule has 0 aromatic rings. The summed E-state index contributed by atoms with van der Waals surface area (Å²) >= 11 is 0. The summed E-state index contributed by atoms with van der Waals surface area (Å²) in [5, 5.41) is 7.42. The average Bonchev–Trinajstić information content (AvgIpc) is 2.42. The molecule has 0 aliphatic rings. The minimum Gasteiger partial charge on any atom is -0.355 e. The second-order valence-electron chi connectivity index (χ2n) is 4.61. The number of carbonyl (C=O) groups is 3. The molecule has 0 spiro atoms. The molecule has 0 aliphatic carbocycles. The molecule has 21 heavy (non-hydrogen) atoms. The van der Waals surface area contributed by atoms with E-state index in [9.17, 15) is 14.4 Å². The number of nitrogens with one attached hydrogen (secondary N) is 3. The summed E-state index contributed by atoms with van der Waals surface area (Å²) < 4.78 is 0. The number of imide groups is 1. The van der Waals surface area contributed by atoms with Gasteiger partial charge in [-0.1, -0.05) is 19.9 Å². The maximum Gasteiger partial charge on any atom is 0.321 e. The zero-order valence-corrected chi connectivity index (χ0v) is 12.9. The molecule has 7 nitrogen and oxygen atoms in total. The maximum absolute atomic E-state index is 11.7. The van der Waals surface area contributed by atoms with Gasteiger partial charge >= 0.3 is 6.03 Å². The van der Waals surface area contributed by atoms with Crippen LogP contribution in [0.5, 0.6) is 0 Å². The predicted molar refractivity (Wildman–Crippen MR) is 81.8 cm³/mol. The van der Waals surface area contributed by atoms with Crippen molar-refractivity contribution in [3.63, 3.8) is 0 Å². The number of urea groups is 1. The maximum atomic E-state index is 11.7. The van der Waals surface area contributed by atoms with Crippen LogP contribution in [0.1, 0.15) is 26.7 Å². The van der Waals surface area contributed by atoms with E-state index in [2.05, 4.69) is 22.5 Å². The fraction of sp³-hybridized carbons (Fsp3) is 0.643. The topological polar surface area (TPSA) is 90.5 Å². The van der Waals surface area contributed by atoms with E-state index in [4.69, 9.17) is 0 Å². The van der Waals surface area contributed by atoms with Crippen LogP contribution in [0.3, 0.4) is 0 Å². The summed E-state index contributed by atoms with van der Waals surface area (Å²) in [6, 6.07) is -0.563. The van der Waals surface area contributed by atoms with Gasteiger partial charge in [0, 0.05) is 13.1 Å². The van der Waals surface area contributed by atoms with Gasteiger partial charge in [0.2, 0.25) is 11.8 Å². The highest BCUT2D eigenvalue weighted by atomic mass is 16.2. The van der Waals surface area contributed by atoms with E-state index < -0.39 is 11.9 Å². The molecule has 0 radical (unpaired) electrons. The molecular formula is C14H26N4O3. The van der Waals surface area contributed by atoms with Crippen LogP contribution in [-0.2, 0) is 9.59 Å². The third-order valence-corrected chi connectivity index (χ3v) is 2.51. The average molecular weight is 298 g/mol. The second-order valence-corrected chi connectivity index (χ2v) is 4.61. The Hall–Kier alpha value is -1.89. The summed E-state index contributed by atoms with van der Waals surface area (Å²) in [4.78, 5) is 36.4. The van der Waals surface area contributed by atoms with E-state index in [1.54, 1.807) is 4.90 Å². The van der Waals surface area contributed by atoms with Gasteiger partial charge in [-0.05, 0) is 19.4 Å². The lowest BCUT2D eigenvalue weighted by Gasteiger charge is -2.20. The quantitative estimate of drug-likeness (QED) is 0.504. The molecule has 0 aliphatic heterocycles. The van der Waals surface area contributed by atoms with Gasteiger partial charge in [-0.25, -0.2) is 4.79 Å². The lowest BCUT2D eigenvalue weighted by atomic mass is 10.3. The van der Waals surface area contributed by atoms with Crippen LogP contribution in [0.4, 0.5) is 4.79 Å². The molecule has 0 fully saturated rings. The zero-order chi connectivity index (χ0) is 16.1. The molecule has 0 aromatic carbocycles. The van der Waals surface area contributed by atoms with Crippen LogP contribution in [0.2, 0.25) is 0 Å². The molecule has 0 bridgehead atoms. The Labute approximate surface area is 126 Å². The Bertz CT molecular complexity index is 358. The molecule has 3 N–H and O–H groups in total. The number of carbonyl (C=O) groups excluding carboxylic acids is 3. The van der Waals surface area contributed by atoms with Crippen LogP contribution in [0.25, 0.3) is 0 Å². The van der Waals surface area contributed by atoms with Crippen molar-refractivity contribution in [3.8, 4) is 0 Å². The molecule has 0 atom stereocenters. The zero-order valence-electron chi connectivity index (χ0n) is 12.9. The molecule has 4 amide bonds. The van der Waals surface area contributed by atoms with E-state index in [0.717, 1.165) is 12.8 Å². The van der Waals surface area contributed by atoms with Gasteiger partial charge < -0.3 is 10.6 Å². The van der Waals surface area contributed by atoms with Gasteiger partial charge in [-0.3, -0.25) is 19.8 Å². The van der Waals surface area contributed by atoms with Crippen molar-refractivity contribution in [3.05, 3.63) is 12.7 Å². The van der Waals surface area contributed by atoms with Crippen molar-refractivity contribution in [2.45, 2.75) is 26.7 Å². The van der Waals surface area contributed by atoms with Gasteiger partial charge in [0.1, 0.15) is 0 Å². The standard InChI is InChI=1S/C14H26N4O3/c1-4-7-15-12(19)10-18(9-6-3)11-13(20)17-14(21)16-8-5-2/h5H,2,4,6-11H2,1,3H3,(H,15,19)(H2,16,17,20,21). The highest BCUT2D eigenvalue weighted by Crippen LogP contribution is 1.91. The van der Waals surface area contributed by atoms with Crippen molar-refractivity contribution in [2.24, 2.45) is 0 Å². The van der Waals surface area contributed by atoms with Crippen molar-refractivity contribution in [1.29, 1.82) is 0 Å². The van der Waals surface area contributed by atoms with Gasteiger partial charge in [-0.2, -0.15) is 0 Å². The van der Waals surface area contributed by atoms with Crippen LogP contribution in [-0.4, -0.2) is 55.5 Å². The van der Waals surface area contributed by atoms with Gasteiger partial charge in [-0.15, -0.1) is 6.58 Å². The van der Waals surface area contributed by atoms with E-state index in [1.807, 2.05) is 13.8 Å². The fourth-order valence-corrected chi connectivity index (χ4v) is 1.63. The second kappa shape index (κ2) is 11.9. The van der Waals surface area contributed by atoms with E-state index in [-0.39, 0.29) is 25.5 Å². The molecule has 0 unspecified atom stereocenters. The summed E-state index contributed by atoms with van der Waals surface area (Å²) in [6.07, 6.45) is 3.20. The first-order valence-electron chi connectivity index (χ1n) is 7.21. The third-order valence-electron chi connectivity index (χ3n) is 2.51. The minimum atomic E-state index is -0.563. The monoisotopic (exact) mass is 298 g/mol. The Kier molecular flexibility index (Phi) is 10.8. The molecule has 0 saturated carbocycles. The summed E-state index contributed by atoms with van der Waals surface area (Å²) in [7, 11) is 0. The lowest BCUT2D eigenvalue weighted by molar-refractivity contribution is -0.124. The van der Waals surface area contributed by atoms with Crippen LogP contribution < -0.4 is 16.0 Å². The Balaban J connectivity index is 4.22. The highest BCUT2D eigenvalue weighted by molar-refractivity contribution is 5.95. The molecule has 120 valence electrons. The molecule has 7 heteroatoms. The van der Waals surface area contributed by atoms with Crippen molar-refractivity contribution in [2.75, 3.05) is 32.7 Å². The Morgan fingerprint density at radius 2 is 1.71 bits per heavy atom. The Morgan fingerprint density at radius 3 is 2.29 bits per heavy atom. The number of hydrogen-bond donors (Lipinski definition) is 3. The Morgan fingerprint density at radius 1 is 1.05 bits per heavy atom. The molecule has 0 aromatic heterocycles. The van der Waals surface area contributed by atoms with Crippen molar-refractivity contribution < 1.29 is 14.4 Å². The molecular weight excluding hydrogens is 272 g/mol. The normalized spacial score (nSPS) is 10.0. The third kappa shape index (κ3) is 10.5. The minimum absolute atomic E-state index is 0.00882. The van der Waals surface area contributed by atoms with Crippen molar-refractivity contribution in [1.82, 2.24) is 20.9 Å². The molecule has 0 heterocycles. The summed E-state index contributed by atoms with van der Waals surface area (Å²) in [6.45, 7) is 9.08. The first-order valence-corrected chi connectivity index (χ1v) is 7.21. The lowest BCUT2D eigenvalue weighted by Crippen LogP contribution is -2.47. The van der Waals surface area contributed by atoms with Crippen LogP contribution >= 0.6 is 0 Å². The highest BCUT2D eigenvalue weighted by Gasteiger charge is 2.15. The first-order chi connectivity index (χ1) is 10.0. The number of nitrogens with zero attached hydrogens (tertiary/aromatic N) is 1. The largest absolute Gasteiger partial charge is 0.355 e.